The van der Waals surface area contributed by atoms with Crippen LogP contribution in [0.25, 0.3) is 0 Å². The number of aliphatic imine (C=N–C) groups is 1. The molecule has 1 aliphatic heterocycles. The first-order valence-electron chi connectivity index (χ1n) is 8.88. The summed E-state index contributed by atoms with van der Waals surface area (Å²) in [6.07, 6.45) is 2.82. The summed E-state index contributed by atoms with van der Waals surface area (Å²) in [7, 11) is -4.85. The lowest BCUT2D eigenvalue weighted by Gasteiger charge is -2.38. The van der Waals surface area contributed by atoms with Gasteiger partial charge in [0.1, 0.15) is 11.5 Å². The minimum Gasteiger partial charge on any atom is -0.369 e. The molecule has 1 aliphatic carbocycles. The number of carbonyl (C=O) groups excluding carboxylic acids is 1. The highest BCUT2D eigenvalue weighted by molar-refractivity contribution is 7.88. The number of carbonyl (C=O) groups is 1. The number of fused-ring (bicyclic) bond motifs is 1. The number of nitrogens with one attached hydrogen (secondary N) is 2. The van der Waals surface area contributed by atoms with Crippen LogP contribution >= 0.6 is 0 Å². The number of amidine groups is 1. The van der Waals surface area contributed by atoms with Crippen LogP contribution in [0.4, 0.5) is 5.82 Å². The molecule has 10 heteroatoms. The SMILES string of the molecule is CCNC1=NC(C=O)(S(=O)(=O)O)N(CCC(C)C)c2nc(C3CC3)[nH]c21. The average Bonchev–Trinajstić information content (AvgIpc) is 3.31. The summed E-state index contributed by atoms with van der Waals surface area (Å²) >= 11 is 0. The van der Waals surface area contributed by atoms with Crippen LogP contribution in [0.1, 0.15) is 57.5 Å². The zero-order valence-corrected chi connectivity index (χ0v) is 16.0. The Bertz CT molecular complexity index is 828. The van der Waals surface area contributed by atoms with Gasteiger partial charge in [-0.05, 0) is 32.1 Å². The fourth-order valence-electron chi connectivity index (χ4n) is 3.02. The maximum Gasteiger partial charge on any atom is 0.320 e. The Hall–Kier alpha value is -1.94. The van der Waals surface area contributed by atoms with Crippen LogP contribution < -0.4 is 10.2 Å². The highest BCUT2D eigenvalue weighted by atomic mass is 32.2. The Kier molecular flexibility index (Phi) is 4.82. The molecule has 3 N–H and O–H groups in total. The number of hydrogen-bond donors (Lipinski definition) is 3. The summed E-state index contributed by atoms with van der Waals surface area (Å²) < 4.78 is 34.3. The summed E-state index contributed by atoms with van der Waals surface area (Å²) in [5.74, 6) is 1.89. The highest BCUT2D eigenvalue weighted by Gasteiger charge is 2.54. The lowest BCUT2D eigenvalue weighted by atomic mass is 10.1. The number of hydrogen-bond acceptors (Lipinski definition) is 7. The van der Waals surface area contributed by atoms with Crippen LogP contribution in [0.2, 0.25) is 0 Å². The van der Waals surface area contributed by atoms with E-state index in [4.69, 9.17) is 0 Å². The molecule has 0 radical (unpaired) electrons. The molecule has 2 heterocycles. The van der Waals surface area contributed by atoms with Crippen LogP contribution in [0.15, 0.2) is 4.99 Å². The van der Waals surface area contributed by atoms with E-state index in [-0.39, 0.29) is 24.6 Å². The van der Waals surface area contributed by atoms with E-state index in [1.807, 2.05) is 20.8 Å². The molecule has 0 aromatic carbocycles. The fraction of sp³-hybridized carbons (Fsp3) is 0.688. The van der Waals surface area contributed by atoms with Crippen LogP contribution in [0.3, 0.4) is 0 Å². The Morgan fingerprint density at radius 1 is 1.46 bits per heavy atom. The van der Waals surface area contributed by atoms with E-state index in [1.165, 1.54) is 4.90 Å². The van der Waals surface area contributed by atoms with E-state index in [9.17, 15) is 17.8 Å². The largest absolute Gasteiger partial charge is 0.369 e. The lowest BCUT2D eigenvalue weighted by Crippen LogP contribution is -2.59. The van der Waals surface area contributed by atoms with Gasteiger partial charge in [-0.15, -0.1) is 0 Å². The molecular weight excluding hydrogens is 358 g/mol. The number of aldehydes is 1. The zero-order chi connectivity index (χ0) is 19.1. The number of H-pyrrole nitrogens is 1. The molecule has 0 saturated heterocycles. The predicted octanol–water partition coefficient (Wildman–Crippen LogP) is 1.25. The minimum absolute atomic E-state index is 0.175. The molecule has 0 bridgehead atoms. The summed E-state index contributed by atoms with van der Waals surface area (Å²) in [5.41, 5.74) is 0.554. The third kappa shape index (κ3) is 3.11. The molecule has 1 unspecified atom stereocenters. The summed E-state index contributed by atoms with van der Waals surface area (Å²) in [4.78, 5) is 22.8. The van der Waals surface area contributed by atoms with Crippen LogP contribution in [-0.2, 0) is 14.9 Å². The molecular formula is C16H25N5O4S. The van der Waals surface area contributed by atoms with E-state index in [1.54, 1.807) is 0 Å². The first kappa shape index (κ1) is 18.8. The van der Waals surface area contributed by atoms with E-state index in [2.05, 4.69) is 20.3 Å². The quantitative estimate of drug-likeness (QED) is 0.477. The number of rotatable bonds is 7. The standard InChI is InChI=1S/C16H25N5O4S/c1-4-17-14-12-15(19-13(18-12)11-5-6-11)21(8-7-10(2)3)16(9-22,20-14)26(23,24)25/h9-11H,4-8H2,1-3H3,(H,17,20)(H,18,19)(H,23,24,25). The van der Waals surface area contributed by atoms with Crippen molar-refractivity contribution >= 4 is 28.1 Å². The number of nitrogens with zero attached hydrogens (tertiary/aromatic N) is 3. The summed E-state index contributed by atoms with van der Waals surface area (Å²) in [6.45, 7) is 6.52. The van der Waals surface area contributed by atoms with Crippen LogP contribution in [0, 0.1) is 5.92 Å². The van der Waals surface area contributed by atoms with Gasteiger partial charge >= 0.3 is 15.1 Å². The van der Waals surface area contributed by atoms with Crippen molar-refractivity contribution < 1.29 is 17.8 Å². The van der Waals surface area contributed by atoms with Crippen molar-refractivity contribution in [3.63, 3.8) is 0 Å². The van der Waals surface area contributed by atoms with Crippen molar-refractivity contribution in [3.05, 3.63) is 11.5 Å². The van der Waals surface area contributed by atoms with Gasteiger partial charge in [0.15, 0.2) is 17.9 Å². The van der Waals surface area contributed by atoms with E-state index >= 15 is 0 Å². The molecule has 9 nitrogen and oxygen atoms in total. The number of aromatic nitrogens is 2. The normalized spacial score (nSPS) is 23.0. The van der Waals surface area contributed by atoms with Crippen molar-refractivity contribution in [1.29, 1.82) is 0 Å². The van der Waals surface area contributed by atoms with Gasteiger partial charge in [0, 0.05) is 19.0 Å². The molecule has 1 aromatic heterocycles. The molecule has 3 rings (SSSR count). The van der Waals surface area contributed by atoms with Gasteiger partial charge < -0.3 is 15.2 Å². The third-order valence-corrected chi connectivity index (χ3v) is 5.79. The summed E-state index contributed by atoms with van der Waals surface area (Å²) in [5, 5.41) is 2.98. The summed E-state index contributed by atoms with van der Waals surface area (Å²) in [6, 6.07) is 0. The Labute approximate surface area is 153 Å². The van der Waals surface area contributed by atoms with E-state index < -0.39 is 15.1 Å². The van der Waals surface area contributed by atoms with Crippen molar-refractivity contribution in [2.24, 2.45) is 10.9 Å². The second-order valence-electron chi connectivity index (χ2n) is 7.17. The zero-order valence-electron chi connectivity index (χ0n) is 15.2. The number of aromatic amines is 1. The van der Waals surface area contributed by atoms with Gasteiger partial charge in [-0.2, -0.15) is 8.42 Å². The monoisotopic (exact) mass is 383 g/mol. The molecule has 144 valence electrons. The first-order chi connectivity index (χ1) is 12.2. The van der Waals surface area contributed by atoms with E-state index in [0.717, 1.165) is 18.7 Å². The molecule has 1 fully saturated rings. The molecule has 1 atom stereocenters. The first-order valence-corrected chi connectivity index (χ1v) is 10.3. The second kappa shape index (κ2) is 6.66. The lowest BCUT2D eigenvalue weighted by molar-refractivity contribution is -0.110. The molecule has 0 amide bonds. The van der Waals surface area contributed by atoms with Gasteiger partial charge in [-0.3, -0.25) is 9.35 Å². The second-order valence-corrected chi connectivity index (χ2v) is 8.72. The van der Waals surface area contributed by atoms with Gasteiger partial charge in [-0.25, -0.2) is 9.98 Å². The van der Waals surface area contributed by atoms with Gasteiger partial charge in [0.05, 0.1) is 0 Å². The van der Waals surface area contributed by atoms with Crippen LogP contribution in [-0.4, -0.2) is 53.1 Å². The predicted molar refractivity (Wildman–Crippen MR) is 97.9 cm³/mol. The number of anilines is 1. The van der Waals surface area contributed by atoms with Crippen molar-refractivity contribution in [2.75, 3.05) is 18.0 Å². The fourth-order valence-corrected chi connectivity index (χ4v) is 3.80. The Balaban J connectivity index is 2.18. The topological polar surface area (TPSA) is 128 Å². The smallest absolute Gasteiger partial charge is 0.320 e. The minimum atomic E-state index is -4.85. The molecule has 2 aliphatic rings. The molecule has 0 spiro atoms. The molecule has 1 aromatic rings. The third-order valence-electron chi connectivity index (χ3n) is 4.63. The van der Waals surface area contributed by atoms with Gasteiger partial charge in [0.2, 0.25) is 0 Å². The van der Waals surface area contributed by atoms with Crippen molar-refractivity contribution in [1.82, 2.24) is 15.3 Å². The van der Waals surface area contributed by atoms with Gasteiger partial charge in [-0.1, -0.05) is 13.8 Å². The maximum atomic E-state index is 12.2. The van der Waals surface area contributed by atoms with Crippen molar-refractivity contribution in [3.8, 4) is 0 Å². The Morgan fingerprint density at radius 2 is 2.15 bits per heavy atom. The maximum absolute atomic E-state index is 12.2. The highest BCUT2D eigenvalue weighted by Crippen LogP contribution is 2.42. The number of imidazole rings is 1. The molecule has 1 saturated carbocycles. The average molecular weight is 383 g/mol. The van der Waals surface area contributed by atoms with E-state index in [0.29, 0.717) is 30.4 Å². The Morgan fingerprint density at radius 3 is 2.65 bits per heavy atom. The van der Waals surface area contributed by atoms with Crippen molar-refractivity contribution in [2.45, 2.75) is 50.9 Å². The molecule has 26 heavy (non-hydrogen) atoms. The van der Waals surface area contributed by atoms with Gasteiger partial charge in [0.25, 0.3) is 0 Å². The van der Waals surface area contributed by atoms with Crippen LogP contribution in [0.5, 0.6) is 0 Å².